The summed E-state index contributed by atoms with van der Waals surface area (Å²) in [6.45, 7) is 5.53. The summed E-state index contributed by atoms with van der Waals surface area (Å²) in [7, 11) is -3.54. The highest BCUT2D eigenvalue weighted by Crippen LogP contribution is 2.30. The second-order valence-electron chi connectivity index (χ2n) is 9.01. The lowest BCUT2D eigenvalue weighted by Gasteiger charge is -2.39. The predicted molar refractivity (Wildman–Crippen MR) is 126 cm³/mol. The molecule has 4 rings (SSSR count). The molecule has 2 aliphatic rings. The molecule has 0 radical (unpaired) electrons. The van der Waals surface area contributed by atoms with E-state index in [-0.39, 0.29) is 17.9 Å². The zero-order valence-electron chi connectivity index (χ0n) is 18.7. The number of benzene rings is 2. The van der Waals surface area contributed by atoms with Crippen molar-refractivity contribution in [3.63, 3.8) is 0 Å². The zero-order chi connectivity index (χ0) is 22.6. The minimum atomic E-state index is -3.54. The van der Waals surface area contributed by atoms with E-state index < -0.39 is 10.0 Å². The van der Waals surface area contributed by atoms with Crippen molar-refractivity contribution in [3.05, 3.63) is 65.7 Å². The monoisotopic (exact) mass is 455 g/mol. The molecule has 2 fully saturated rings. The summed E-state index contributed by atoms with van der Waals surface area (Å²) in [5.41, 5.74) is 2.05. The second kappa shape index (κ2) is 10.1. The van der Waals surface area contributed by atoms with Gasteiger partial charge in [0, 0.05) is 26.2 Å². The number of hydrogen-bond acceptors (Lipinski definition) is 4. The van der Waals surface area contributed by atoms with Crippen LogP contribution in [0, 0.1) is 12.8 Å². The number of carbonyl (C=O) groups is 1. The van der Waals surface area contributed by atoms with Gasteiger partial charge in [0.1, 0.15) is 6.04 Å². The Morgan fingerprint density at radius 3 is 2.38 bits per heavy atom. The third-order valence-electron chi connectivity index (χ3n) is 6.58. The molecular formula is C25H33N3O3S. The van der Waals surface area contributed by atoms with Gasteiger partial charge in [-0.05, 0) is 62.8 Å². The summed E-state index contributed by atoms with van der Waals surface area (Å²) in [5, 5.41) is 0. The van der Waals surface area contributed by atoms with Crippen molar-refractivity contribution in [2.24, 2.45) is 5.92 Å². The number of piperidine rings is 1. The molecule has 172 valence electrons. The molecule has 2 atom stereocenters. The van der Waals surface area contributed by atoms with Crippen LogP contribution in [-0.2, 0) is 14.8 Å². The van der Waals surface area contributed by atoms with Crippen LogP contribution < -0.4 is 4.72 Å². The number of sulfonamides is 1. The van der Waals surface area contributed by atoms with Crippen LogP contribution in [-0.4, -0.2) is 56.8 Å². The Morgan fingerprint density at radius 2 is 1.69 bits per heavy atom. The molecule has 2 unspecified atom stereocenters. The van der Waals surface area contributed by atoms with Crippen LogP contribution >= 0.6 is 0 Å². The predicted octanol–water partition coefficient (Wildman–Crippen LogP) is 3.35. The van der Waals surface area contributed by atoms with Crippen molar-refractivity contribution in [3.8, 4) is 0 Å². The Kier molecular flexibility index (Phi) is 7.28. The van der Waals surface area contributed by atoms with Gasteiger partial charge in [-0.2, -0.15) is 0 Å². The summed E-state index contributed by atoms with van der Waals surface area (Å²) in [6, 6.07) is 16.6. The lowest BCUT2D eigenvalue weighted by atomic mass is 9.94. The highest BCUT2D eigenvalue weighted by atomic mass is 32.2. The minimum Gasteiger partial charge on any atom is -0.341 e. The first kappa shape index (κ1) is 23.0. The van der Waals surface area contributed by atoms with Crippen LogP contribution in [0.5, 0.6) is 0 Å². The van der Waals surface area contributed by atoms with E-state index in [2.05, 4.69) is 9.62 Å². The Labute approximate surface area is 191 Å². The molecular weight excluding hydrogens is 422 g/mol. The maximum atomic E-state index is 13.5. The number of hydrogen-bond donors (Lipinski definition) is 1. The van der Waals surface area contributed by atoms with E-state index in [0.29, 0.717) is 18.0 Å². The van der Waals surface area contributed by atoms with Crippen LogP contribution in [0.15, 0.2) is 59.5 Å². The Morgan fingerprint density at radius 1 is 1.00 bits per heavy atom. The quantitative estimate of drug-likeness (QED) is 0.695. The zero-order valence-corrected chi connectivity index (χ0v) is 19.6. The summed E-state index contributed by atoms with van der Waals surface area (Å²) in [6.07, 6.45) is 4.03. The summed E-state index contributed by atoms with van der Waals surface area (Å²) >= 11 is 0. The number of nitrogens with one attached hydrogen (secondary N) is 1. The van der Waals surface area contributed by atoms with E-state index >= 15 is 0 Å². The second-order valence-corrected chi connectivity index (χ2v) is 10.8. The largest absolute Gasteiger partial charge is 0.341 e. The average Bonchev–Trinajstić information content (AvgIpc) is 3.34. The Bertz CT molecular complexity index is 1000. The third-order valence-corrected chi connectivity index (χ3v) is 8.02. The van der Waals surface area contributed by atoms with Crippen molar-refractivity contribution >= 4 is 15.9 Å². The van der Waals surface area contributed by atoms with Crippen LogP contribution in [0.25, 0.3) is 0 Å². The first-order valence-corrected chi connectivity index (χ1v) is 13.1. The van der Waals surface area contributed by atoms with Crippen LogP contribution in [0.1, 0.15) is 42.9 Å². The number of amides is 1. The molecule has 0 saturated carbocycles. The first-order valence-electron chi connectivity index (χ1n) is 11.6. The lowest BCUT2D eigenvalue weighted by Crippen LogP contribution is -2.47. The average molecular weight is 456 g/mol. The fraction of sp³-hybridized carbons (Fsp3) is 0.480. The number of aryl methyl sites for hydroxylation is 1. The van der Waals surface area contributed by atoms with Crippen LogP contribution in [0.2, 0.25) is 0 Å². The van der Waals surface area contributed by atoms with Crippen molar-refractivity contribution in [1.29, 1.82) is 0 Å². The molecule has 32 heavy (non-hydrogen) atoms. The van der Waals surface area contributed by atoms with E-state index in [1.54, 1.807) is 12.1 Å². The fourth-order valence-corrected chi connectivity index (χ4v) is 5.90. The van der Waals surface area contributed by atoms with Gasteiger partial charge in [0.2, 0.25) is 15.9 Å². The molecule has 1 N–H and O–H groups in total. The Hall–Kier alpha value is -2.22. The lowest BCUT2D eigenvalue weighted by molar-refractivity contribution is -0.137. The summed E-state index contributed by atoms with van der Waals surface area (Å²) in [5.74, 6) is 0.344. The molecule has 1 amide bonds. The molecule has 6 nitrogen and oxygen atoms in total. The topological polar surface area (TPSA) is 69.7 Å². The van der Waals surface area contributed by atoms with Crippen molar-refractivity contribution in [1.82, 2.24) is 14.5 Å². The summed E-state index contributed by atoms with van der Waals surface area (Å²) in [4.78, 5) is 18.0. The van der Waals surface area contributed by atoms with Gasteiger partial charge in [0.15, 0.2) is 0 Å². The van der Waals surface area contributed by atoms with Gasteiger partial charge in [-0.25, -0.2) is 13.1 Å². The number of nitrogens with zero attached hydrogens (tertiary/aromatic N) is 2. The molecule has 2 aliphatic heterocycles. The molecule has 2 heterocycles. The number of rotatable bonds is 7. The molecule has 0 bridgehead atoms. The van der Waals surface area contributed by atoms with E-state index in [1.807, 2.05) is 54.3 Å². The SMILES string of the molecule is Cc1ccc(S(=O)(=O)NCC2CCCN(C(C(=O)N3CCCC3)c3ccccc3)C2)cc1. The standard InChI is InChI=1S/C25H33N3O3S/c1-20-11-13-23(14-12-20)32(30,31)26-18-21-8-7-17-28(19-21)24(22-9-3-2-4-10-22)25(29)27-15-5-6-16-27/h2-4,9-14,21,24,26H,5-8,15-19H2,1H3. The van der Waals surface area contributed by atoms with Gasteiger partial charge >= 0.3 is 0 Å². The maximum Gasteiger partial charge on any atom is 0.244 e. The van der Waals surface area contributed by atoms with E-state index in [4.69, 9.17) is 0 Å². The van der Waals surface area contributed by atoms with Crippen LogP contribution in [0.4, 0.5) is 0 Å². The molecule has 7 heteroatoms. The van der Waals surface area contributed by atoms with Gasteiger partial charge in [-0.15, -0.1) is 0 Å². The molecule has 0 aromatic heterocycles. The normalized spacial score (nSPS) is 20.9. The first-order chi connectivity index (χ1) is 15.4. The van der Waals surface area contributed by atoms with Crippen LogP contribution in [0.3, 0.4) is 0 Å². The van der Waals surface area contributed by atoms with Crippen molar-refractivity contribution < 1.29 is 13.2 Å². The fourth-order valence-electron chi connectivity index (χ4n) is 4.78. The molecule has 2 aromatic carbocycles. The van der Waals surface area contributed by atoms with E-state index in [9.17, 15) is 13.2 Å². The Balaban J connectivity index is 1.46. The molecule has 0 spiro atoms. The van der Waals surface area contributed by atoms with Gasteiger partial charge in [-0.3, -0.25) is 9.69 Å². The highest BCUT2D eigenvalue weighted by molar-refractivity contribution is 7.89. The van der Waals surface area contributed by atoms with E-state index in [0.717, 1.165) is 56.4 Å². The maximum absolute atomic E-state index is 13.5. The molecule has 0 aliphatic carbocycles. The summed E-state index contributed by atoms with van der Waals surface area (Å²) < 4.78 is 28.2. The van der Waals surface area contributed by atoms with Gasteiger partial charge in [-0.1, -0.05) is 48.0 Å². The minimum absolute atomic E-state index is 0.168. The van der Waals surface area contributed by atoms with E-state index in [1.165, 1.54) is 0 Å². The highest BCUT2D eigenvalue weighted by Gasteiger charge is 2.35. The molecule has 2 aromatic rings. The van der Waals surface area contributed by atoms with Gasteiger partial charge in [0.05, 0.1) is 4.90 Å². The smallest absolute Gasteiger partial charge is 0.244 e. The van der Waals surface area contributed by atoms with Gasteiger partial charge in [0.25, 0.3) is 0 Å². The van der Waals surface area contributed by atoms with Gasteiger partial charge < -0.3 is 4.90 Å². The third kappa shape index (κ3) is 5.39. The number of carbonyl (C=O) groups excluding carboxylic acids is 1. The van der Waals surface area contributed by atoms with Crippen molar-refractivity contribution in [2.45, 2.75) is 43.5 Å². The van der Waals surface area contributed by atoms with Crippen molar-refractivity contribution in [2.75, 3.05) is 32.7 Å². The number of likely N-dealkylation sites (tertiary alicyclic amines) is 2. The molecule has 2 saturated heterocycles.